The molecule has 0 aromatic heterocycles. The molecule has 1 heterocycles. The van der Waals surface area contributed by atoms with E-state index in [0.717, 1.165) is 31.8 Å². The van der Waals surface area contributed by atoms with E-state index in [1.165, 1.54) is 19.3 Å². The first-order chi connectivity index (χ1) is 8.95. The largest absolute Gasteiger partial charge is 0.353 e. The molecule has 3 rings (SSSR count). The molecule has 0 radical (unpaired) electrons. The summed E-state index contributed by atoms with van der Waals surface area (Å²) in [5, 5.41) is 6.74. The first kappa shape index (κ1) is 16.1. The summed E-state index contributed by atoms with van der Waals surface area (Å²) in [6, 6.07) is 0.399. The summed E-state index contributed by atoms with van der Waals surface area (Å²) in [6.07, 6.45) is 6.00. The van der Waals surface area contributed by atoms with Crippen molar-refractivity contribution in [3.05, 3.63) is 0 Å². The van der Waals surface area contributed by atoms with Crippen LogP contribution in [0.1, 0.15) is 52.9 Å². The predicted octanol–water partition coefficient (Wildman–Crippen LogP) is 2.74. The van der Waals surface area contributed by atoms with Crippen LogP contribution in [-0.4, -0.2) is 25.0 Å². The molecular formula is C16H29ClN2O. The SMILES string of the molecule is CC1(C)C2CCC1(C)C(NC(=O)C1CCCNC1)C2.Cl. The number of hydrogen-bond donors (Lipinski definition) is 2. The molecule has 2 N–H and O–H groups in total. The van der Waals surface area contributed by atoms with E-state index in [4.69, 9.17) is 0 Å². The fraction of sp³-hybridized carbons (Fsp3) is 0.938. The third-order valence-corrected chi connectivity index (χ3v) is 6.78. The number of hydrogen-bond acceptors (Lipinski definition) is 2. The Kier molecular flexibility index (Phi) is 4.42. The Balaban J connectivity index is 0.00000147. The molecule has 2 saturated carbocycles. The van der Waals surface area contributed by atoms with Crippen molar-refractivity contribution in [3.63, 3.8) is 0 Å². The lowest BCUT2D eigenvalue weighted by molar-refractivity contribution is -0.127. The van der Waals surface area contributed by atoms with Gasteiger partial charge in [-0.1, -0.05) is 20.8 Å². The first-order valence-electron chi connectivity index (χ1n) is 7.96. The third kappa shape index (κ3) is 2.27. The molecule has 3 fully saturated rings. The van der Waals surface area contributed by atoms with Crippen molar-refractivity contribution in [3.8, 4) is 0 Å². The number of rotatable bonds is 2. The van der Waals surface area contributed by atoms with Gasteiger partial charge in [-0.3, -0.25) is 4.79 Å². The van der Waals surface area contributed by atoms with Gasteiger partial charge >= 0.3 is 0 Å². The summed E-state index contributed by atoms with van der Waals surface area (Å²) in [5.74, 6) is 1.29. The summed E-state index contributed by atoms with van der Waals surface area (Å²) >= 11 is 0. The molecule has 0 spiro atoms. The Morgan fingerprint density at radius 2 is 2.00 bits per heavy atom. The summed E-state index contributed by atoms with van der Waals surface area (Å²) < 4.78 is 0. The van der Waals surface area contributed by atoms with Crippen LogP contribution in [0.5, 0.6) is 0 Å². The van der Waals surface area contributed by atoms with Gasteiger partial charge in [-0.15, -0.1) is 12.4 Å². The lowest BCUT2D eigenvalue weighted by atomic mass is 9.69. The lowest BCUT2D eigenvalue weighted by Crippen LogP contribution is -2.50. The fourth-order valence-electron chi connectivity index (χ4n) is 4.79. The molecule has 4 heteroatoms. The van der Waals surface area contributed by atoms with Crippen molar-refractivity contribution in [2.75, 3.05) is 13.1 Å². The minimum atomic E-state index is 0. The Morgan fingerprint density at radius 1 is 1.25 bits per heavy atom. The molecule has 20 heavy (non-hydrogen) atoms. The quantitative estimate of drug-likeness (QED) is 0.823. The molecule has 116 valence electrons. The van der Waals surface area contributed by atoms with E-state index in [-0.39, 0.29) is 18.3 Å². The van der Waals surface area contributed by atoms with Crippen LogP contribution in [0.15, 0.2) is 0 Å². The Labute approximate surface area is 129 Å². The monoisotopic (exact) mass is 300 g/mol. The van der Waals surface area contributed by atoms with Gasteiger partial charge in [-0.2, -0.15) is 0 Å². The van der Waals surface area contributed by atoms with Gasteiger partial charge in [-0.05, 0) is 55.4 Å². The van der Waals surface area contributed by atoms with Gasteiger partial charge in [0.2, 0.25) is 5.91 Å². The molecule has 3 nitrogen and oxygen atoms in total. The lowest BCUT2D eigenvalue weighted by Gasteiger charge is -2.40. The highest BCUT2D eigenvalue weighted by Crippen LogP contribution is 2.65. The number of carbonyl (C=O) groups excluding carboxylic acids is 1. The Bertz CT molecular complexity index is 379. The van der Waals surface area contributed by atoms with E-state index >= 15 is 0 Å². The van der Waals surface area contributed by atoms with Gasteiger partial charge in [0.05, 0.1) is 5.92 Å². The standard InChI is InChI=1S/C16H28N2O.ClH/c1-15(2)12-6-7-16(15,3)13(9-12)18-14(19)11-5-4-8-17-10-11;/h11-13,17H,4-10H2,1-3H3,(H,18,19);1H. The fourth-order valence-corrected chi connectivity index (χ4v) is 4.79. The number of fused-ring (bicyclic) bond motifs is 2. The van der Waals surface area contributed by atoms with E-state index in [0.29, 0.717) is 22.8 Å². The van der Waals surface area contributed by atoms with Crippen molar-refractivity contribution in [2.45, 2.75) is 58.9 Å². The molecule has 1 amide bonds. The second-order valence-electron chi connectivity index (χ2n) is 7.71. The zero-order chi connectivity index (χ0) is 13.7. The van der Waals surface area contributed by atoms with Crippen LogP contribution in [0.4, 0.5) is 0 Å². The number of halogens is 1. The van der Waals surface area contributed by atoms with Gasteiger partial charge in [-0.25, -0.2) is 0 Å². The number of piperidine rings is 1. The predicted molar refractivity (Wildman–Crippen MR) is 84.0 cm³/mol. The molecule has 0 aromatic carbocycles. The molecule has 3 aliphatic rings. The van der Waals surface area contributed by atoms with E-state index in [2.05, 4.69) is 31.4 Å². The van der Waals surface area contributed by atoms with Gasteiger partial charge < -0.3 is 10.6 Å². The topological polar surface area (TPSA) is 41.1 Å². The molecule has 1 aliphatic heterocycles. The van der Waals surface area contributed by atoms with Crippen LogP contribution in [0, 0.1) is 22.7 Å². The number of carbonyl (C=O) groups is 1. The molecule has 2 aliphatic carbocycles. The summed E-state index contributed by atoms with van der Waals surface area (Å²) in [7, 11) is 0. The molecule has 1 saturated heterocycles. The molecule has 2 bridgehead atoms. The zero-order valence-electron chi connectivity index (χ0n) is 13.0. The van der Waals surface area contributed by atoms with Crippen LogP contribution < -0.4 is 10.6 Å². The summed E-state index contributed by atoms with van der Waals surface area (Å²) in [5.41, 5.74) is 0.686. The van der Waals surface area contributed by atoms with Crippen molar-refractivity contribution in [1.82, 2.24) is 10.6 Å². The average molecular weight is 301 g/mol. The zero-order valence-corrected chi connectivity index (χ0v) is 13.8. The minimum Gasteiger partial charge on any atom is -0.353 e. The second-order valence-corrected chi connectivity index (χ2v) is 7.71. The van der Waals surface area contributed by atoms with Gasteiger partial charge in [0.15, 0.2) is 0 Å². The average Bonchev–Trinajstić information content (AvgIpc) is 2.73. The number of amides is 1. The van der Waals surface area contributed by atoms with Crippen molar-refractivity contribution >= 4 is 18.3 Å². The highest BCUT2D eigenvalue weighted by Gasteiger charge is 2.61. The van der Waals surface area contributed by atoms with Gasteiger partial charge in [0.25, 0.3) is 0 Å². The van der Waals surface area contributed by atoms with Gasteiger partial charge in [0.1, 0.15) is 0 Å². The Morgan fingerprint density at radius 3 is 2.50 bits per heavy atom. The summed E-state index contributed by atoms with van der Waals surface area (Å²) in [4.78, 5) is 12.4. The highest BCUT2D eigenvalue weighted by molar-refractivity contribution is 5.85. The van der Waals surface area contributed by atoms with Crippen LogP contribution in [0.3, 0.4) is 0 Å². The smallest absolute Gasteiger partial charge is 0.224 e. The normalized spacial score (nSPS) is 42.0. The van der Waals surface area contributed by atoms with E-state index in [1.54, 1.807) is 0 Å². The van der Waals surface area contributed by atoms with E-state index in [1.807, 2.05) is 0 Å². The van der Waals surface area contributed by atoms with Crippen LogP contribution in [-0.2, 0) is 4.79 Å². The maximum absolute atomic E-state index is 12.4. The van der Waals surface area contributed by atoms with Crippen LogP contribution in [0.25, 0.3) is 0 Å². The van der Waals surface area contributed by atoms with Crippen molar-refractivity contribution in [2.24, 2.45) is 22.7 Å². The van der Waals surface area contributed by atoms with Crippen LogP contribution >= 0.6 is 12.4 Å². The minimum absolute atomic E-state index is 0. The Hall–Kier alpha value is -0.280. The highest BCUT2D eigenvalue weighted by atomic mass is 35.5. The molecule has 0 aromatic rings. The van der Waals surface area contributed by atoms with E-state index < -0.39 is 0 Å². The van der Waals surface area contributed by atoms with Crippen molar-refractivity contribution < 1.29 is 4.79 Å². The molecule has 4 unspecified atom stereocenters. The van der Waals surface area contributed by atoms with E-state index in [9.17, 15) is 4.79 Å². The summed E-state index contributed by atoms with van der Waals surface area (Å²) in [6.45, 7) is 9.13. The maximum Gasteiger partial charge on any atom is 0.224 e. The number of nitrogens with one attached hydrogen (secondary N) is 2. The second kappa shape index (κ2) is 5.49. The van der Waals surface area contributed by atoms with Gasteiger partial charge in [0, 0.05) is 12.6 Å². The van der Waals surface area contributed by atoms with Crippen molar-refractivity contribution in [1.29, 1.82) is 0 Å². The maximum atomic E-state index is 12.4. The third-order valence-electron chi connectivity index (χ3n) is 6.78. The molecule has 4 atom stereocenters. The first-order valence-corrected chi connectivity index (χ1v) is 7.96. The molecular weight excluding hydrogens is 272 g/mol. The van der Waals surface area contributed by atoms with Crippen LogP contribution in [0.2, 0.25) is 0 Å².